The number of hydrogen-bond acceptors (Lipinski definition) is 6. The summed E-state index contributed by atoms with van der Waals surface area (Å²) >= 11 is 26.5. The van der Waals surface area contributed by atoms with Crippen molar-refractivity contribution in [1.29, 1.82) is 0 Å². The molecule has 4 unspecified atom stereocenters. The minimum absolute atomic E-state index is 0. The molecule has 358 valence electrons. The average Bonchev–Trinajstić information content (AvgIpc) is 3.12. The van der Waals surface area contributed by atoms with Gasteiger partial charge in [0.25, 0.3) is 3.25 Å². The smallest absolute Gasteiger partial charge is 0.306 e. The molecule has 2 N–H and O–H groups in total. The van der Waals surface area contributed by atoms with Gasteiger partial charge in [0.1, 0.15) is 12.2 Å². The number of ether oxygens (including phenoxy) is 2. The number of allylic oxidation sites excluding steroid dienone is 4. The van der Waals surface area contributed by atoms with E-state index in [-0.39, 0.29) is 29.6 Å². The van der Waals surface area contributed by atoms with Gasteiger partial charge in [-0.2, -0.15) is 0 Å². The first-order valence-corrected chi connectivity index (χ1v) is 24.5. The quantitative estimate of drug-likeness (QED) is 0.0605. The van der Waals surface area contributed by atoms with Gasteiger partial charge in [0.15, 0.2) is 0 Å². The molecule has 15 heteroatoms. The maximum Gasteiger partial charge on any atom is 0.306 e. The van der Waals surface area contributed by atoms with E-state index >= 15 is 0 Å². The fourth-order valence-corrected chi connectivity index (χ4v) is 6.39. The number of carbonyl (C=O) groups is 3. The zero-order valence-corrected chi connectivity index (χ0v) is 44.6. The molecule has 3 aliphatic carbocycles. The van der Waals surface area contributed by atoms with Crippen molar-refractivity contribution in [3.63, 3.8) is 0 Å². The van der Waals surface area contributed by atoms with Crippen LogP contribution in [0.25, 0.3) is 0 Å². The van der Waals surface area contributed by atoms with Crippen LogP contribution >= 0.6 is 78.3 Å². The van der Waals surface area contributed by atoms with Crippen molar-refractivity contribution in [2.75, 3.05) is 35.3 Å². The highest BCUT2D eigenvalue weighted by molar-refractivity contribution is 9.10. The van der Waals surface area contributed by atoms with Gasteiger partial charge in [-0.1, -0.05) is 161 Å². The third kappa shape index (κ3) is 57.6. The first kappa shape index (κ1) is 66.2. The summed E-state index contributed by atoms with van der Waals surface area (Å²) in [5.74, 6) is -0.924. The molecule has 0 saturated carbocycles. The lowest BCUT2D eigenvalue weighted by Gasteiger charge is -2.27. The molecule has 60 heavy (non-hydrogen) atoms. The van der Waals surface area contributed by atoms with Crippen molar-refractivity contribution in [3.05, 3.63) is 34.9 Å². The third-order valence-corrected chi connectivity index (χ3v) is 10.2. The molecule has 0 heterocycles. The van der Waals surface area contributed by atoms with Crippen LogP contribution in [0.15, 0.2) is 34.9 Å². The number of rotatable bonds is 14. The van der Waals surface area contributed by atoms with E-state index in [4.69, 9.17) is 62.4 Å². The Hall–Kier alpha value is -0.400. The van der Waals surface area contributed by atoms with E-state index in [9.17, 15) is 18.8 Å². The van der Waals surface area contributed by atoms with Gasteiger partial charge in [-0.3, -0.25) is 18.8 Å². The van der Waals surface area contributed by atoms with E-state index < -0.39 is 16.4 Å². The Labute approximate surface area is 403 Å². The minimum Gasteiger partial charge on any atom is -0.870 e. The fourth-order valence-electron chi connectivity index (χ4n) is 5.29. The van der Waals surface area contributed by atoms with E-state index in [1.54, 1.807) is 5.57 Å². The molecule has 0 fully saturated rings. The Kier molecular flexibility index (Phi) is 48.4. The number of quaternary nitrogens is 1. The molecule has 3 aliphatic rings. The number of nitrogens with zero attached hydrogens (tertiary/aromatic N) is 1. The predicted octanol–water partition coefficient (Wildman–Crippen LogP) is 15.4. The van der Waals surface area contributed by atoms with E-state index in [2.05, 4.69) is 107 Å². The summed E-state index contributed by atoms with van der Waals surface area (Å²) in [7, 11) is 7.50. The van der Waals surface area contributed by atoms with Crippen LogP contribution in [-0.4, -0.2) is 93.4 Å². The molecule has 4 atom stereocenters. The van der Waals surface area contributed by atoms with Gasteiger partial charge in [0, 0.05) is 28.9 Å². The number of carbonyl (C=O) groups excluding carboxylic acids is 2. The summed E-state index contributed by atoms with van der Waals surface area (Å²) in [6, 6.07) is 0. The second-order valence-electron chi connectivity index (χ2n) is 16.1. The highest BCUT2D eigenvalue weighted by atomic mass is 79.9. The van der Waals surface area contributed by atoms with Crippen LogP contribution in [0, 0.1) is 0 Å². The van der Waals surface area contributed by atoms with Crippen molar-refractivity contribution in [2.45, 2.75) is 195 Å². The minimum atomic E-state index is -1.61. The molecule has 0 aromatic rings. The van der Waals surface area contributed by atoms with E-state index in [0.717, 1.165) is 80.7 Å². The maximum atomic E-state index is 11.8. The molecule has 0 saturated heterocycles. The van der Waals surface area contributed by atoms with E-state index in [0.29, 0.717) is 28.9 Å². The summed E-state index contributed by atoms with van der Waals surface area (Å²) < 4.78 is 25.9. The molecule has 8 nitrogen and oxygen atoms in total. The van der Waals surface area contributed by atoms with Crippen LogP contribution in [-0.2, 0) is 23.9 Å². The van der Waals surface area contributed by atoms with Crippen LogP contribution < -0.4 is 0 Å². The van der Waals surface area contributed by atoms with Crippen molar-refractivity contribution >= 4 is 96.2 Å². The molecule has 3 rings (SSSR count). The third-order valence-electron chi connectivity index (χ3n) is 8.34. The highest BCUT2D eigenvalue weighted by Gasteiger charge is 2.25. The van der Waals surface area contributed by atoms with Crippen LogP contribution in [0.3, 0.4) is 0 Å². The van der Waals surface area contributed by atoms with Crippen LogP contribution in [0.4, 0.5) is 4.39 Å². The summed E-state index contributed by atoms with van der Waals surface area (Å²) in [6.45, 7) is 12.6. The van der Waals surface area contributed by atoms with Crippen molar-refractivity contribution in [3.8, 4) is 0 Å². The topological polar surface area (TPSA) is 120 Å². The van der Waals surface area contributed by atoms with Gasteiger partial charge >= 0.3 is 17.9 Å². The number of halogens is 7. The number of esters is 2. The lowest BCUT2D eigenvalue weighted by atomic mass is 9.95. The Morgan fingerprint density at radius 3 is 1.57 bits per heavy atom. The first-order valence-electron chi connectivity index (χ1n) is 21.9. The monoisotopic (exact) mass is 1070 g/mol. The van der Waals surface area contributed by atoms with Crippen molar-refractivity contribution in [2.24, 2.45) is 0 Å². The number of unbranched alkanes of at least 4 members (excludes halogenated alkanes) is 6. The van der Waals surface area contributed by atoms with Crippen LogP contribution in [0.2, 0.25) is 0 Å². The Morgan fingerprint density at radius 2 is 1.23 bits per heavy atom. The van der Waals surface area contributed by atoms with Gasteiger partial charge in [0.05, 0.1) is 36.7 Å². The van der Waals surface area contributed by atoms with Gasteiger partial charge < -0.3 is 24.5 Å². The second-order valence-corrected chi connectivity index (χ2v) is 21.8. The Bertz CT molecular complexity index is 1160. The van der Waals surface area contributed by atoms with E-state index in [1.807, 2.05) is 13.0 Å². The molecule has 0 aliphatic heterocycles. The van der Waals surface area contributed by atoms with Crippen molar-refractivity contribution < 1.29 is 44.7 Å². The van der Waals surface area contributed by atoms with Gasteiger partial charge in [0.2, 0.25) is 0 Å². The fraction of sp³-hybridized carbons (Fsp3) is 0.800. The summed E-state index contributed by atoms with van der Waals surface area (Å²) in [5, 5.41) is 8.14. The normalized spacial score (nSPS) is 19.4. The number of hydrogen-bond donors (Lipinski definition) is 1. The lowest BCUT2D eigenvalue weighted by Crippen LogP contribution is -2.28. The second kappa shape index (κ2) is 43.8. The maximum absolute atomic E-state index is 11.8. The van der Waals surface area contributed by atoms with Gasteiger partial charge in [-0.25, -0.2) is 0 Å². The average molecular weight is 1070 g/mol. The van der Waals surface area contributed by atoms with Crippen LogP contribution in [0.1, 0.15) is 171 Å². The summed E-state index contributed by atoms with van der Waals surface area (Å²) in [6.07, 6.45) is 26.1. The number of carboxylic acid groups (broad SMARTS) is 1. The standard InChI is InChI=1S/C19H32O4.C7H10Br2.C7H12.C6H12O2.C4H12N.CCl4.CH3F.H2O/c1-4-6-8-10-18(20)22-16-12-13-17(15(3)14-16)23-19(21)11-9-7-5-2;1-5-4-6(8)2-3-7(5)9;1-7-5-3-2-4-6-7;1-2-3-4-5-6(7)8;1-5(2,3)4;2-1(3,4)5;1-2;/h14,16-17H,4-13H2,1-3H3;4,6-7H,2-3H2,1H3;5H,2-4,6H2,1H3;2-5H2,1H3,(H,7,8);1-4H3;;1H3;1H2/q;;;;+1;;;/p-1/i;;;;;;1D;. The molecular weight excluding hydrogens is 987 g/mol. The Morgan fingerprint density at radius 1 is 0.783 bits per heavy atom. The molecule has 0 aromatic heterocycles. The predicted molar refractivity (Wildman–Crippen MR) is 263 cm³/mol. The lowest BCUT2D eigenvalue weighted by molar-refractivity contribution is -0.849. The van der Waals surface area contributed by atoms with Gasteiger partial charge in [-0.05, 0) is 103 Å². The number of alkyl halides is 7. The number of aliphatic carboxylic acids is 1. The molecule has 0 bridgehead atoms. The zero-order chi connectivity index (χ0) is 47.2. The SMILES string of the molecule is CC1=CC(Br)CCC1Br.CC1=CCCCC1.CCCCCC(=O)O.CCCCCC(=O)OC1C=C(C)C(OC(=O)CCCCC)CC1.C[N+](C)(C)C.ClC(Cl)(Cl)Cl.[2H]CF.[OH-]. The first-order chi connectivity index (χ1) is 27.8. The zero-order valence-electron chi connectivity index (χ0n) is 39.4. The van der Waals surface area contributed by atoms with Crippen LogP contribution in [0.5, 0.6) is 0 Å². The molecular formula is C45H82Br2Cl4FNO7. The highest BCUT2D eigenvalue weighted by Crippen LogP contribution is 2.30. The summed E-state index contributed by atoms with van der Waals surface area (Å²) in [5.41, 5.74) is 4.04. The largest absolute Gasteiger partial charge is 0.870 e. The molecule has 0 aromatic carbocycles. The van der Waals surface area contributed by atoms with Gasteiger partial charge in [-0.15, -0.1) is 0 Å². The molecule has 0 amide bonds. The molecule has 0 radical (unpaired) electrons. The summed E-state index contributed by atoms with van der Waals surface area (Å²) in [4.78, 5) is 34.7. The van der Waals surface area contributed by atoms with E-state index in [1.165, 1.54) is 44.1 Å². The Balaban J connectivity index is -0.000000227. The number of carboxylic acids is 1. The van der Waals surface area contributed by atoms with Crippen molar-refractivity contribution in [1.82, 2.24) is 0 Å². The molecule has 0 spiro atoms.